The third-order valence-electron chi connectivity index (χ3n) is 7.08. The molecule has 1 fully saturated rings. The molecule has 5 rings (SSSR count). The second-order valence-corrected chi connectivity index (χ2v) is 11.2. The fraction of sp³-hybridized carbons (Fsp3) is 0.344. The predicted molar refractivity (Wildman–Crippen MR) is 152 cm³/mol. The molecule has 0 bridgehead atoms. The van der Waals surface area contributed by atoms with Gasteiger partial charge in [-0.05, 0) is 60.2 Å². The molecule has 1 saturated heterocycles. The molecule has 1 atom stereocenters. The van der Waals surface area contributed by atoms with Gasteiger partial charge in [-0.2, -0.15) is 4.98 Å². The Bertz CT molecular complexity index is 1360. The van der Waals surface area contributed by atoms with Gasteiger partial charge < -0.3 is 14.6 Å². The molecule has 4 aromatic rings. The van der Waals surface area contributed by atoms with Crippen molar-refractivity contribution in [2.45, 2.75) is 52.2 Å². The quantitative estimate of drug-likeness (QED) is 0.285. The summed E-state index contributed by atoms with van der Waals surface area (Å²) >= 11 is 0. The summed E-state index contributed by atoms with van der Waals surface area (Å²) in [7, 11) is 0. The minimum Gasteiger partial charge on any atom is -0.489 e. The summed E-state index contributed by atoms with van der Waals surface area (Å²) < 4.78 is 11.4. The molecule has 0 saturated carbocycles. The van der Waals surface area contributed by atoms with Crippen molar-refractivity contribution >= 4 is 11.6 Å². The molecule has 1 aliphatic rings. The first-order valence-corrected chi connectivity index (χ1v) is 13.6. The van der Waals surface area contributed by atoms with Crippen LogP contribution in [0, 0.1) is 5.92 Å². The van der Waals surface area contributed by atoms with Crippen LogP contribution in [0.25, 0.3) is 11.4 Å². The van der Waals surface area contributed by atoms with Crippen molar-refractivity contribution in [1.29, 1.82) is 0 Å². The fourth-order valence-electron chi connectivity index (χ4n) is 4.78. The maximum absolute atomic E-state index is 13.0. The zero-order valence-corrected chi connectivity index (χ0v) is 22.9. The van der Waals surface area contributed by atoms with Crippen LogP contribution in [0.2, 0.25) is 0 Å². The summed E-state index contributed by atoms with van der Waals surface area (Å²) in [6.07, 6.45) is 1.80. The Morgan fingerprint density at radius 1 is 1.03 bits per heavy atom. The van der Waals surface area contributed by atoms with E-state index in [0.29, 0.717) is 31.4 Å². The van der Waals surface area contributed by atoms with Gasteiger partial charge in [0.1, 0.15) is 12.4 Å². The fourth-order valence-corrected chi connectivity index (χ4v) is 4.78. The zero-order valence-electron chi connectivity index (χ0n) is 22.9. The monoisotopic (exact) mass is 524 g/mol. The minimum absolute atomic E-state index is 0.0304. The summed E-state index contributed by atoms with van der Waals surface area (Å²) in [6, 6.07) is 25.9. The Balaban J connectivity index is 1.12. The molecule has 1 aliphatic heterocycles. The normalized spacial score (nSPS) is 16.1. The SMILES string of the molecule is CC(C)(C)c1ccc(-c2noc(CN3CCCC(C(=O)Nc4ccc(OCc5ccccc5)cc4)C3)n2)cc1. The molecule has 7 heteroatoms. The standard InChI is InChI=1S/C32H36N4O3/c1-32(2,3)26-13-11-24(12-14-26)30-34-29(39-35-30)21-36-19-7-10-25(20-36)31(37)33-27-15-17-28(18-16-27)38-22-23-8-5-4-6-9-23/h4-6,8-9,11-18,25H,7,10,19-22H2,1-3H3,(H,33,37). The van der Waals surface area contributed by atoms with Gasteiger partial charge in [-0.3, -0.25) is 9.69 Å². The highest BCUT2D eigenvalue weighted by Gasteiger charge is 2.27. The highest BCUT2D eigenvalue weighted by molar-refractivity contribution is 5.92. The summed E-state index contributed by atoms with van der Waals surface area (Å²) in [5, 5.41) is 7.25. The number of ether oxygens (including phenoxy) is 1. The molecule has 39 heavy (non-hydrogen) atoms. The molecule has 0 radical (unpaired) electrons. The van der Waals surface area contributed by atoms with Gasteiger partial charge in [0.05, 0.1) is 12.5 Å². The third kappa shape index (κ3) is 7.12. The van der Waals surface area contributed by atoms with Crippen LogP contribution in [-0.2, 0) is 23.4 Å². The molecule has 0 aliphatic carbocycles. The number of carbonyl (C=O) groups excluding carboxylic acids is 1. The molecule has 202 valence electrons. The van der Waals surface area contributed by atoms with E-state index < -0.39 is 0 Å². The van der Waals surface area contributed by atoms with Crippen LogP contribution < -0.4 is 10.1 Å². The number of nitrogens with one attached hydrogen (secondary N) is 1. The van der Waals surface area contributed by atoms with Crippen LogP contribution in [0.1, 0.15) is 50.6 Å². The Morgan fingerprint density at radius 2 is 1.77 bits per heavy atom. The number of benzene rings is 3. The smallest absolute Gasteiger partial charge is 0.241 e. The van der Waals surface area contributed by atoms with Crippen molar-refractivity contribution in [3.05, 3.63) is 95.9 Å². The van der Waals surface area contributed by atoms with Crippen LogP contribution in [0.15, 0.2) is 83.4 Å². The average molecular weight is 525 g/mol. The largest absolute Gasteiger partial charge is 0.489 e. The summed E-state index contributed by atoms with van der Waals surface area (Å²) in [6.45, 7) is 9.18. The number of hydrogen-bond donors (Lipinski definition) is 1. The lowest BCUT2D eigenvalue weighted by Crippen LogP contribution is -2.40. The lowest BCUT2D eigenvalue weighted by Gasteiger charge is -2.30. The van der Waals surface area contributed by atoms with Gasteiger partial charge in [-0.15, -0.1) is 0 Å². The van der Waals surface area contributed by atoms with Crippen molar-refractivity contribution in [2.75, 3.05) is 18.4 Å². The van der Waals surface area contributed by atoms with E-state index in [1.54, 1.807) is 0 Å². The van der Waals surface area contributed by atoms with Gasteiger partial charge in [0.2, 0.25) is 17.6 Å². The Hall–Kier alpha value is -3.97. The average Bonchev–Trinajstić information content (AvgIpc) is 3.41. The van der Waals surface area contributed by atoms with Crippen LogP contribution in [0.5, 0.6) is 5.75 Å². The Labute approximate surface area is 230 Å². The molecule has 3 aromatic carbocycles. The number of nitrogens with zero attached hydrogens (tertiary/aromatic N) is 3. The first-order valence-electron chi connectivity index (χ1n) is 13.6. The maximum Gasteiger partial charge on any atom is 0.241 e. The molecular formula is C32H36N4O3. The number of likely N-dealkylation sites (tertiary alicyclic amines) is 1. The number of amides is 1. The van der Waals surface area contributed by atoms with Crippen molar-refractivity contribution in [3.8, 4) is 17.1 Å². The number of piperidine rings is 1. The first kappa shape index (κ1) is 26.6. The van der Waals surface area contributed by atoms with Crippen LogP contribution in [0.3, 0.4) is 0 Å². The van der Waals surface area contributed by atoms with Crippen molar-refractivity contribution in [2.24, 2.45) is 5.92 Å². The lowest BCUT2D eigenvalue weighted by molar-refractivity contribution is -0.121. The van der Waals surface area contributed by atoms with Crippen molar-refractivity contribution in [1.82, 2.24) is 15.0 Å². The molecule has 1 unspecified atom stereocenters. The topological polar surface area (TPSA) is 80.5 Å². The molecule has 2 heterocycles. The summed E-state index contributed by atoms with van der Waals surface area (Å²) in [4.78, 5) is 19.9. The molecule has 1 amide bonds. The van der Waals surface area contributed by atoms with Crippen molar-refractivity contribution < 1.29 is 14.1 Å². The highest BCUT2D eigenvalue weighted by atomic mass is 16.5. The number of rotatable bonds is 8. The predicted octanol–water partition coefficient (Wildman–Crippen LogP) is 6.46. The van der Waals surface area contributed by atoms with Crippen LogP contribution >= 0.6 is 0 Å². The van der Waals surface area contributed by atoms with Gasteiger partial charge in [-0.1, -0.05) is 80.5 Å². The molecular weight excluding hydrogens is 488 g/mol. The Morgan fingerprint density at radius 3 is 2.49 bits per heavy atom. The van der Waals surface area contributed by atoms with E-state index in [0.717, 1.165) is 42.0 Å². The number of aromatic nitrogens is 2. The van der Waals surface area contributed by atoms with E-state index in [-0.39, 0.29) is 17.2 Å². The van der Waals surface area contributed by atoms with Crippen LogP contribution in [0.4, 0.5) is 5.69 Å². The van der Waals surface area contributed by atoms with Gasteiger partial charge in [0.15, 0.2) is 0 Å². The first-order chi connectivity index (χ1) is 18.8. The number of anilines is 1. The van der Waals surface area contributed by atoms with E-state index in [2.05, 4.69) is 53.3 Å². The maximum atomic E-state index is 13.0. The molecule has 7 nitrogen and oxygen atoms in total. The second kappa shape index (κ2) is 11.8. The molecule has 1 N–H and O–H groups in total. The second-order valence-electron chi connectivity index (χ2n) is 11.2. The van der Waals surface area contributed by atoms with E-state index >= 15 is 0 Å². The lowest BCUT2D eigenvalue weighted by atomic mass is 9.87. The van der Waals surface area contributed by atoms with Crippen LogP contribution in [-0.4, -0.2) is 34.0 Å². The minimum atomic E-state index is -0.0971. The van der Waals surface area contributed by atoms with E-state index in [9.17, 15) is 4.79 Å². The van der Waals surface area contributed by atoms with E-state index in [4.69, 9.17) is 9.26 Å². The van der Waals surface area contributed by atoms with E-state index in [1.165, 1.54) is 5.56 Å². The summed E-state index contributed by atoms with van der Waals surface area (Å²) in [5.41, 5.74) is 4.18. The van der Waals surface area contributed by atoms with E-state index in [1.807, 2.05) is 66.7 Å². The zero-order chi connectivity index (χ0) is 27.2. The Kier molecular flexibility index (Phi) is 8.07. The number of hydrogen-bond acceptors (Lipinski definition) is 6. The van der Waals surface area contributed by atoms with Gasteiger partial charge in [-0.25, -0.2) is 0 Å². The number of carbonyl (C=O) groups is 1. The molecule has 1 aromatic heterocycles. The summed E-state index contributed by atoms with van der Waals surface area (Å²) in [5.74, 6) is 1.86. The highest BCUT2D eigenvalue weighted by Crippen LogP contribution is 2.26. The van der Waals surface area contributed by atoms with Gasteiger partial charge in [0.25, 0.3) is 0 Å². The van der Waals surface area contributed by atoms with Crippen molar-refractivity contribution in [3.63, 3.8) is 0 Å². The molecule has 0 spiro atoms. The van der Waals surface area contributed by atoms with Gasteiger partial charge in [0, 0.05) is 17.8 Å². The third-order valence-corrected chi connectivity index (χ3v) is 7.08. The van der Waals surface area contributed by atoms with Gasteiger partial charge >= 0.3 is 0 Å².